The summed E-state index contributed by atoms with van der Waals surface area (Å²) < 4.78 is 0. The van der Waals surface area contributed by atoms with Crippen LogP contribution >= 0.6 is 0 Å². The lowest BCUT2D eigenvalue weighted by atomic mass is 10.2. The first-order valence-corrected chi connectivity index (χ1v) is 7.72. The number of rotatable bonds is 1. The Labute approximate surface area is 97.3 Å². The molecular weight excluding hydrogens is 188 g/mol. The van der Waals surface area contributed by atoms with Gasteiger partial charge in [-0.2, -0.15) is 0 Å². The number of hydrogen-bond acceptors (Lipinski definition) is 1. The van der Waals surface area contributed by atoms with E-state index in [1.807, 2.05) is 13.0 Å². The first-order valence-electron chi connectivity index (χ1n) is 4.22. The third-order valence-electron chi connectivity index (χ3n) is 2.11. The minimum Gasteiger partial charge on any atom is -0.508 e. The molecule has 0 aliphatic rings. The van der Waals surface area contributed by atoms with Crippen molar-refractivity contribution in [1.82, 2.24) is 0 Å². The van der Waals surface area contributed by atoms with E-state index in [-0.39, 0.29) is 23.1 Å². The lowest BCUT2D eigenvalue weighted by Gasteiger charge is -2.19. The first kappa shape index (κ1) is 13.0. The minimum absolute atomic E-state index is 0. The van der Waals surface area contributed by atoms with E-state index in [2.05, 4.69) is 25.7 Å². The summed E-state index contributed by atoms with van der Waals surface area (Å²) in [5.41, 5.74) is 1.05. The molecule has 70 valence electrons. The van der Waals surface area contributed by atoms with Crippen LogP contribution in [0.5, 0.6) is 5.75 Å². The number of aromatic hydroxyl groups is 1. The Kier molecular flexibility index (Phi) is 4.48. The van der Waals surface area contributed by atoms with Gasteiger partial charge in [0.25, 0.3) is 0 Å². The molecule has 0 saturated heterocycles. The van der Waals surface area contributed by atoms with Crippen molar-refractivity contribution in [2.24, 2.45) is 0 Å². The van der Waals surface area contributed by atoms with Gasteiger partial charge >= 0.3 is 23.1 Å². The summed E-state index contributed by atoms with van der Waals surface area (Å²) in [5.74, 6) is 0.426. The third kappa shape index (κ3) is 3.00. The van der Waals surface area contributed by atoms with E-state index in [9.17, 15) is 5.11 Å². The molecule has 1 N–H and O–H groups in total. The van der Waals surface area contributed by atoms with E-state index >= 15 is 0 Å². The topological polar surface area (TPSA) is 20.2 Å². The van der Waals surface area contributed by atoms with Crippen molar-refractivity contribution in [3.8, 4) is 5.75 Å². The molecule has 0 amide bonds. The van der Waals surface area contributed by atoms with Crippen molar-refractivity contribution in [3.63, 3.8) is 0 Å². The zero-order valence-corrected chi connectivity index (χ0v) is 9.18. The Hall–Kier alpha value is 0.00312. The summed E-state index contributed by atoms with van der Waals surface area (Å²) in [4.78, 5) is 0. The van der Waals surface area contributed by atoms with E-state index in [0.717, 1.165) is 5.56 Å². The van der Waals surface area contributed by atoms with Gasteiger partial charge in [-0.1, -0.05) is 37.0 Å². The zero-order chi connectivity index (χ0) is 9.35. The molecular formula is C10H18MgOSi. The smallest absolute Gasteiger partial charge is 0.316 e. The highest BCUT2D eigenvalue weighted by Crippen LogP contribution is 2.15. The lowest BCUT2D eigenvalue weighted by molar-refractivity contribution is 0.471. The van der Waals surface area contributed by atoms with E-state index in [4.69, 9.17) is 0 Å². The van der Waals surface area contributed by atoms with Gasteiger partial charge in [-0.15, -0.1) is 0 Å². The second kappa shape index (κ2) is 4.48. The van der Waals surface area contributed by atoms with Crippen LogP contribution in [0, 0.1) is 6.92 Å². The number of phenolic OH excluding ortho intramolecular Hbond substituents is 1. The quantitative estimate of drug-likeness (QED) is 0.688. The largest absolute Gasteiger partial charge is 0.508 e. The maximum Gasteiger partial charge on any atom is 0.316 e. The molecule has 1 nitrogen and oxygen atoms in total. The second-order valence-corrected chi connectivity index (χ2v) is 9.24. The van der Waals surface area contributed by atoms with Crippen LogP contribution in [0.1, 0.15) is 5.56 Å². The molecule has 0 spiro atoms. The molecule has 0 aliphatic heterocycles. The van der Waals surface area contributed by atoms with Crippen molar-refractivity contribution in [3.05, 3.63) is 23.8 Å². The summed E-state index contributed by atoms with van der Waals surface area (Å²) in [6.07, 6.45) is 0. The van der Waals surface area contributed by atoms with Crippen LogP contribution in [0.25, 0.3) is 0 Å². The van der Waals surface area contributed by atoms with Crippen LogP contribution in [0.15, 0.2) is 18.2 Å². The maximum atomic E-state index is 9.49. The molecule has 0 heterocycles. The van der Waals surface area contributed by atoms with Gasteiger partial charge in [-0.05, 0) is 18.6 Å². The summed E-state index contributed by atoms with van der Waals surface area (Å²) in [6, 6.07) is 5.80. The molecule has 0 saturated carbocycles. The van der Waals surface area contributed by atoms with E-state index in [0.29, 0.717) is 5.75 Å². The Morgan fingerprint density at radius 1 is 1.15 bits per heavy atom. The van der Waals surface area contributed by atoms with Gasteiger partial charge in [-0.25, -0.2) is 0 Å². The summed E-state index contributed by atoms with van der Waals surface area (Å²) in [7, 11) is -1.27. The van der Waals surface area contributed by atoms with Crippen LogP contribution in [-0.2, 0) is 0 Å². The SMILES string of the molecule is Cc1c(O)cccc1[Si](C)(C)C.[MgH2]. The number of phenols is 1. The molecule has 0 aliphatic carbocycles. The molecule has 13 heavy (non-hydrogen) atoms. The van der Waals surface area contributed by atoms with Crippen LogP contribution in [0.2, 0.25) is 19.6 Å². The van der Waals surface area contributed by atoms with Crippen molar-refractivity contribution in [2.45, 2.75) is 26.6 Å². The molecule has 0 aromatic heterocycles. The average molecular weight is 207 g/mol. The van der Waals surface area contributed by atoms with Crippen molar-refractivity contribution in [2.75, 3.05) is 0 Å². The number of hydrogen-bond donors (Lipinski definition) is 1. The summed E-state index contributed by atoms with van der Waals surface area (Å²) in [6.45, 7) is 8.85. The predicted octanol–water partition coefficient (Wildman–Crippen LogP) is 1.33. The molecule has 0 bridgehead atoms. The standard InChI is InChI=1S/C10H16OSi.Mg.2H/c1-8-9(11)6-5-7-10(8)12(2,3)4;;;/h5-7,11H,1-4H3;;;. The first-order chi connectivity index (χ1) is 5.43. The number of benzene rings is 1. The summed E-state index contributed by atoms with van der Waals surface area (Å²) in [5, 5.41) is 10.8. The fourth-order valence-corrected chi connectivity index (χ4v) is 3.29. The highest BCUT2D eigenvalue weighted by Gasteiger charge is 2.19. The van der Waals surface area contributed by atoms with Gasteiger partial charge in [0.15, 0.2) is 0 Å². The molecule has 1 aromatic rings. The Balaban J connectivity index is 0.00000144. The second-order valence-electron chi connectivity index (χ2n) is 4.20. The van der Waals surface area contributed by atoms with Gasteiger partial charge < -0.3 is 5.11 Å². The Morgan fingerprint density at radius 2 is 1.69 bits per heavy atom. The normalized spacial score (nSPS) is 10.8. The van der Waals surface area contributed by atoms with E-state index in [1.54, 1.807) is 6.07 Å². The lowest BCUT2D eigenvalue weighted by Crippen LogP contribution is -2.39. The fraction of sp³-hybridized carbons (Fsp3) is 0.400. The van der Waals surface area contributed by atoms with Gasteiger partial charge in [0, 0.05) is 0 Å². The molecule has 0 atom stereocenters. The molecule has 0 fully saturated rings. The minimum atomic E-state index is -1.27. The van der Waals surface area contributed by atoms with Crippen molar-refractivity contribution in [1.29, 1.82) is 0 Å². The Morgan fingerprint density at radius 3 is 2.08 bits per heavy atom. The Bertz CT molecular complexity index is 291. The predicted molar refractivity (Wildman–Crippen MR) is 64.4 cm³/mol. The van der Waals surface area contributed by atoms with Gasteiger partial charge in [0.1, 0.15) is 5.75 Å². The van der Waals surface area contributed by atoms with Crippen LogP contribution in [-0.4, -0.2) is 36.2 Å². The van der Waals surface area contributed by atoms with E-state index in [1.165, 1.54) is 5.19 Å². The molecule has 0 radical (unpaired) electrons. The zero-order valence-electron chi connectivity index (χ0n) is 8.18. The van der Waals surface area contributed by atoms with Crippen molar-refractivity contribution < 1.29 is 5.11 Å². The van der Waals surface area contributed by atoms with Crippen LogP contribution in [0.4, 0.5) is 0 Å². The van der Waals surface area contributed by atoms with Crippen LogP contribution in [0.3, 0.4) is 0 Å². The van der Waals surface area contributed by atoms with E-state index < -0.39 is 8.07 Å². The molecule has 1 rings (SSSR count). The average Bonchev–Trinajstić information content (AvgIpc) is 1.92. The van der Waals surface area contributed by atoms with Gasteiger partial charge in [-0.3, -0.25) is 0 Å². The highest BCUT2D eigenvalue weighted by molar-refractivity contribution is 6.89. The fourth-order valence-electron chi connectivity index (χ4n) is 1.44. The monoisotopic (exact) mass is 206 g/mol. The molecule has 1 aromatic carbocycles. The molecule has 0 unspecified atom stereocenters. The van der Waals surface area contributed by atoms with Gasteiger partial charge in [0.2, 0.25) is 0 Å². The van der Waals surface area contributed by atoms with Crippen LogP contribution < -0.4 is 5.19 Å². The van der Waals surface area contributed by atoms with Crippen molar-refractivity contribution >= 4 is 36.3 Å². The summed E-state index contributed by atoms with van der Waals surface area (Å²) >= 11 is 0. The van der Waals surface area contributed by atoms with Gasteiger partial charge in [0.05, 0.1) is 8.07 Å². The molecule has 3 heteroatoms. The third-order valence-corrected chi connectivity index (χ3v) is 4.27. The highest BCUT2D eigenvalue weighted by atomic mass is 28.3. The maximum absolute atomic E-state index is 9.49.